The average molecular weight is 459 g/mol. The van der Waals surface area contributed by atoms with Crippen LogP contribution in [0.5, 0.6) is 0 Å². The molecular weight excluding hydrogens is 443 g/mol. The Bertz CT molecular complexity index is 1230. The fourth-order valence-corrected chi connectivity index (χ4v) is 4.91. The third kappa shape index (κ3) is 3.67. The van der Waals surface area contributed by atoms with Gasteiger partial charge in [-0.1, -0.05) is 29.3 Å². The standard InChI is InChI=1S/C20H16Cl2N6OS/c21-14-3-5-17(28-23-6-7-24-28)15(11-14)19(29)27-9-1-8-26(27)12-13-2-4-16-18(10-13)30-20(22)25-16/h2-7,10-11H,1,8-9,12H2. The van der Waals surface area contributed by atoms with Crippen molar-refractivity contribution in [3.05, 3.63) is 69.4 Å². The maximum Gasteiger partial charge on any atom is 0.270 e. The summed E-state index contributed by atoms with van der Waals surface area (Å²) in [6, 6.07) is 11.2. The third-order valence-corrected chi connectivity index (χ3v) is 6.33. The van der Waals surface area contributed by atoms with E-state index in [2.05, 4.69) is 26.3 Å². The highest BCUT2D eigenvalue weighted by Gasteiger charge is 2.29. The number of thiazole rings is 1. The van der Waals surface area contributed by atoms with Gasteiger partial charge in [0.25, 0.3) is 5.91 Å². The topological polar surface area (TPSA) is 67.2 Å². The lowest BCUT2D eigenvalue weighted by molar-refractivity contribution is 0.0170. The summed E-state index contributed by atoms with van der Waals surface area (Å²) in [6.45, 7) is 2.06. The molecule has 152 valence electrons. The Kier molecular flexibility index (Phi) is 5.16. The van der Waals surface area contributed by atoms with E-state index in [-0.39, 0.29) is 5.91 Å². The number of hydrazine groups is 1. The predicted octanol–water partition coefficient (Wildman–Crippen LogP) is 4.45. The predicted molar refractivity (Wildman–Crippen MR) is 117 cm³/mol. The zero-order chi connectivity index (χ0) is 20.7. The Labute approximate surface area is 186 Å². The van der Waals surface area contributed by atoms with Gasteiger partial charge in [-0.2, -0.15) is 15.0 Å². The first-order valence-corrected chi connectivity index (χ1v) is 10.9. The molecule has 0 N–H and O–H groups in total. The Morgan fingerprint density at radius 3 is 2.73 bits per heavy atom. The summed E-state index contributed by atoms with van der Waals surface area (Å²) in [5.41, 5.74) is 3.05. The van der Waals surface area contributed by atoms with Crippen LogP contribution in [0.3, 0.4) is 0 Å². The quantitative estimate of drug-likeness (QED) is 0.451. The van der Waals surface area contributed by atoms with E-state index >= 15 is 0 Å². The summed E-state index contributed by atoms with van der Waals surface area (Å²) in [6.07, 6.45) is 4.05. The van der Waals surface area contributed by atoms with Crippen LogP contribution in [-0.4, -0.2) is 49.0 Å². The van der Waals surface area contributed by atoms with Gasteiger partial charge in [0.1, 0.15) is 0 Å². The van der Waals surface area contributed by atoms with E-state index in [4.69, 9.17) is 23.2 Å². The fourth-order valence-electron chi connectivity index (χ4n) is 3.64. The van der Waals surface area contributed by atoms with Gasteiger partial charge in [-0.3, -0.25) is 9.80 Å². The van der Waals surface area contributed by atoms with Crippen molar-refractivity contribution in [2.45, 2.75) is 13.0 Å². The molecule has 1 amide bonds. The van der Waals surface area contributed by atoms with E-state index < -0.39 is 0 Å². The van der Waals surface area contributed by atoms with E-state index in [1.54, 1.807) is 35.6 Å². The molecule has 5 rings (SSSR count). The number of aromatic nitrogens is 4. The van der Waals surface area contributed by atoms with Crippen molar-refractivity contribution in [1.29, 1.82) is 0 Å². The van der Waals surface area contributed by atoms with Gasteiger partial charge in [-0.25, -0.2) is 9.99 Å². The molecule has 0 unspecified atom stereocenters. The van der Waals surface area contributed by atoms with Crippen molar-refractivity contribution < 1.29 is 4.79 Å². The minimum absolute atomic E-state index is 0.121. The number of carbonyl (C=O) groups is 1. The van der Waals surface area contributed by atoms with Gasteiger partial charge in [0.2, 0.25) is 0 Å². The lowest BCUT2D eigenvalue weighted by Crippen LogP contribution is -2.41. The van der Waals surface area contributed by atoms with Crippen molar-refractivity contribution in [3.63, 3.8) is 0 Å². The second-order valence-corrected chi connectivity index (χ2v) is 8.97. The molecule has 0 saturated carbocycles. The highest BCUT2D eigenvalue weighted by atomic mass is 35.5. The van der Waals surface area contributed by atoms with Crippen molar-refractivity contribution in [2.24, 2.45) is 0 Å². The number of amides is 1. The fraction of sp³-hybridized carbons (Fsp3) is 0.200. The normalized spacial score (nSPS) is 14.7. The first-order valence-electron chi connectivity index (χ1n) is 9.36. The van der Waals surface area contributed by atoms with Gasteiger partial charge in [0.05, 0.1) is 33.9 Å². The van der Waals surface area contributed by atoms with E-state index in [1.807, 2.05) is 12.1 Å². The lowest BCUT2D eigenvalue weighted by atomic mass is 10.1. The maximum absolute atomic E-state index is 13.5. The number of halogens is 2. The summed E-state index contributed by atoms with van der Waals surface area (Å²) in [5.74, 6) is -0.121. The number of fused-ring (bicyclic) bond motifs is 1. The molecule has 0 atom stereocenters. The number of hydrogen-bond acceptors (Lipinski definition) is 6. The van der Waals surface area contributed by atoms with Crippen LogP contribution in [0.1, 0.15) is 22.3 Å². The van der Waals surface area contributed by atoms with Crippen LogP contribution in [0.25, 0.3) is 15.9 Å². The van der Waals surface area contributed by atoms with Crippen LogP contribution in [0.4, 0.5) is 0 Å². The number of benzene rings is 2. The van der Waals surface area contributed by atoms with Gasteiger partial charge >= 0.3 is 0 Å². The smallest absolute Gasteiger partial charge is 0.270 e. The largest absolute Gasteiger partial charge is 0.271 e. The first kappa shape index (κ1) is 19.4. The molecule has 0 aliphatic carbocycles. The van der Waals surface area contributed by atoms with Crippen LogP contribution in [-0.2, 0) is 6.54 Å². The molecule has 7 nitrogen and oxygen atoms in total. The van der Waals surface area contributed by atoms with Crippen LogP contribution in [0.2, 0.25) is 9.49 Å². The van der Waals surface area contributed by atoms with Gasteiger partial charge in [-0.15, -0.1) is 11.3 Å². The second kappa shape index (κ2) is 7.96. The van der Waals surface area contributed by atoms with Crippen LogP contribution >= 0.6 is 34.5 Å². The van der Waals surface area contributed by atoms with Crippen molar-refractivity contribution in [1.82, 2.24) is 30.0 Å². The molecule has 30 heavy (non-hydrogen) atoms. The zero-order valence-corrected chi connectivity index (χ0v) is 18.0. The van der Waals surface area contributed by atoms with E-state index in [0.29, 0.717) is 33.8 Å². The molecule has 0 spiro atoms. The van der Waals surface area contributed by atoms with Gasteiger partial charge in [-0.05, 0) is 42.3 Å². The monoisotopic (exact) mass is 458 g/mol. The van der Waals surface area contributed by atoms with Gasteiger partial charge < -0.3 is 0 Å². The summed E-state index contributed by atoms with van der Waals surface area (Å²) >= 11 is 13.7. The molecule has 0 bridgehead atoms. The molecule has 2 aromatic carbocycles. The van der Waals surface area contributed by atoms with Crippen LogP contribution in [0, 0.1) is 0 Å². The molecule has 1 aliphatic heterocycles. The molecule has 4 aromatic rings. The summed E-state index contributed by atoms with van der Waals surface area (Å²) in [7, 11) is 0. The van der Waals surface area contributed by atoms with Crippen LogP contribution < -0.4 is 0 Å². The molecule has 2 aromatic heterocycles. The minimum Gasteiger partial charge on any atom is -0.271 e. The van der Waals surface area contributed by atoms with E-state index in [9.17, 15) is 4.79 Å². The summed E-state index contributed by atoms with van der Waals surface area (Å²) < 4.78 is 1.57. The Morgan fingerprint density at radius 1 is 1.07 bits per heavy atom. The molecule has 3 heterocycles. The zero-order valence-electron chi connectivity index (χ0n) is 15.7. The molecule has 10 heteroatoms. The Morgan fingerprint density at radius 2 is 1.90 bits per heavy atom. The molecular formula is C20H16Cl2N6OS. The van der Waals surface area contributed by atoms with Gasteiger partial charge in [0, 0.05) is 24.7 Å². The first-order chi connectivity index (χ1) is 14.6. The van der Waals surface area contributed by atoms with Crippen molar-refractivity contribution in [3.8, 4) is 5.69 Å². The maximum atomic E-state index is 13.5. The summed E-state index contributed by atoms with van der Waals surface area (Å²) in [4.78, 5) is 19.2. The molecule has 1 aliphatic rings. The number of carbonyl (C=O) groups excluding carboxylic acids is 1. The Hall–Kier alpha value is -2.52. The minimum atomic E-state index is -0.121. The highest BCUT2D eigenvalue weighted by Crippen LogP contribution is 2.28. The molecule has 1 fully saturated rings. The SMILES string of the molecule is O=C(c1cc(Cl)ccc1-n1nccn1)N1CCCN1Cc1ccc2nc(Cl)sc2c1. The number of rotatable bonds is 4. The average Bonchev–Trinajstić information content (AvgIpc) is 3.47. The van der Waals surface area contributed by atoms with E-state index in [0.717, 1.165) is 28.7 Å². The van der Waals surface area contributed by atoms with Crippen molar-refractivity contribution in [2.75, 3.05) is 13.1 Å². The Balaban J connectivity index is 1.43. The second-order valence-electron chi connectivity index (χ2n) is 6.92. The lowest BCUT2D eigenvalue weighted by Gasteiger charge is -2.28. The third-order valence-electron chi connectivity index (χ3n) is 4.98. The summed E-state index contributed by atoms with van der Waals surface area (Å²) in [5, 5.41) is 12.7. The van der Waals surface area contributed by atoms with Gasteiger partial charge in [0.15, 0.2) is 4.47 Å². The number of nitrogens with zero attached hydrogens (tertiary/aromatic N) is 6. The molecule has 0 radical (unpaired) electrons. The number of hydrogen-bond donors (Lipinski definition) is 0. The van der Waals surface area contributed by atoms with E-state index in [1.165, 1.54) is 16.1 Å². The molecule has 1 saturated heterocycles. The van der Waals surface area contributed by atoms with Crippen molar-refractivity contribution >= 4 is 50.7 Å². The van der Waals surface area contributed by atoms with Crippen LogP contribution in [0.15, 0.2) is 48.8 Å². The highest BCUT2D eigenvalue weighted by molar-refractivity contribution is 7.22.